The van der Waals surface area contributed by atoms with E-state index in [1.54, 1.807) is 19.0 Å². The quantitative estimate of drug-likeness (QED) is 0.839. The van der Waals surface area contributed by atoms with Crippen molar-refractivity contribution in [1.29, 1.82) is 0 Å². The van der Waals surface area contributed by atoms with E-state index in [1.807, 2.05) is 49.2 Å². The molecule has 0 radical (unpaired) electrons. The van der Waals surface area contributed by atoms with Gasteiger partial charge in [-0.05, 0) is 14.0 Å². The lowest BCUT2D eigenvalue weighted by atomic mass is 10.2. The maximum absolute atomic E-state index is 11.7. The second-order valence-electron chi connectivity index (χ2n) is 5.20. The summed E-state index contributed by atoms with van der Waals surface area (Å²) in [5.41, 5.74) is 0.909. The SMILES string of the molecule is CC(c1nc(-c2ccccc2)no1)N(C)CC(=O)N(C)C. The Morgan fingerprint density at radius 1 is 1.24 bits per heavy atom. The van der Waals surface area contributed by atoms with Crippen molar-refractivity contribution in [1.82, 2.24) is 19.9 Å². The minimum Gasteiger partial charge on any atom is -0.348 e. The van der Waals surface area contributed by atoms with E-state index in [-0.39, 0.29) is 11.9 Å². The van der Waals surface area contributed by atoms with Gasteiger partial charge in [0.1, 0.15) is 0 Å². The summed E-state index contributed by atoms with van der Waals surface area (Å²) in [7, 11) is 5.33. The van der Waals surface area contributed by atoms with Gasteiger partial charge in [-0.15, -0.1) is 0 Å². The maximum atomic E-state index is 11.7. The zero-order valence-electron chi connectivity index (χ0n) is 12.8. The van der Waals surface area contributed by atoms with Gasteiger partial charge < -0.3 is 9.42 Å². The number of aromatic nitrogens is 2. The van der Waals surface area contributed by atoms with Crippen molar-refractivity contribution in [3.63, 3.8) is 0 Å². The highest BCUT2D eigenvalue weighted by Gasteiger charge is 2.21. The number of hydrogen-bond acceptors (Lipinski definition) is 5. The molecule has 0 aliphatic rings. The predicted octanol–water partition coefficient (Wildman–Crippen LogP) is 1.82. The molecule has 0 fully saturated rings. The molecule has 2 aromatic rings. The van der Waals surface area contributed by atoms with Crippen molar-refractivity contribution in [3.8, 4) is 11.4 Å². The van der Waals surface area contributed by atoms with Crippen molar-refractivity contribution in [2.24, 2.45) is 0 Å². The molecule has 0 bridgehead atoms. The third-order valence-electron chi connectivity index (χ3n) is 3.38. The zero-order chi connectivity index (χ0) is 15.4. The molecule has 0 spiro atoms. The molecular weight excluding hydrogens is 268 g/mol. The molecule has 1 aromatic heterocycles. The summed E-state index contributed by atoms with van der Waals surface area (Å²) < 4.78 is 5.32. The summed E-state index contributed by atoms with van der Waals surface area (Å²) in [5, 5.41) is 4.00. The number of benzene rings is 1. The number of amides is 1. The van der Waals surface area contributed by atoms with Crippen LogP contribution in [0.4, 0.5) is 0 Å². The summed E-state index contributed by atoms with van der Waals surface area (Å²) >= 11 is 0. The van der Waals surface area contributed by atoms with Gasteiger partial charge in [0.2, 0.25) is 17.6 Å². The van der Waals surface area contributed by atoms with Crippen molar-refractivity contribution in [2.45, 2.75) is 13.0 Å². The van der Waals surface area contributed by atoms with Crippen LogP contribution in [-0.4, -0.2) is 53.5 Å². The standard InChI is InChI=1S/C15H20N4O2/c1-11(19(4)10-13(20)18(2)3)15-16-14(17-21-15)12-8-6-5-7-9-12/h5-9,11H,10H2,1-4H3. The third kappa shape index (κ3) is 3.66. The molecule has 21 heavy (non-hydrogen) atoms. The Labute approximate surface area is 124 Å². The van der Waals surface area contributed by atoms with E-state index in [2.05, 4.69) is 10.1 Å². The van der Waals surface area contributed by atoms with Crippen LogP contribution in [0.15, 0.2) is 34.9 Å². The van der Waals surface area contributed by atoms with Crippen LogP contribution >= 0.6 is 0 Å². The first-order valence-corrected chi connectivity index (χ1v) is 6.78. The smallest absolute Gasteiger partial charge is 0.244 e. The van der Waals surface area contributed by atoms with Crippen LogP contribution in [0.5, 0.6) is 0 Å². The predicted molar refractivity (Wildman–Crippen MR) is 79.5 cm³/mol. The third-order valence-corrected chi connectivity index (χ3v) is 3.38. The lowest BCUT2D eigenvalue weighted by Gasteiger charge is -2.22. The minimum atomic E-state index is -0.126. The summed E-state index contributed by atoms with van der Waals surface area (Å²) in [6.07, 6.45) is 0. The molecule has 0 aliphatic carbocycles. The van der Waals surface area contributed by atoms with E-state index < -0.39 is 0 Å². The van der Waals surface area contributed by atoms with Crippen LogP contribution < -0.4 is 0 Å². The van der Waals surface area contributed by atoms with Crippen molar-refractivity contribution in [2.75, 3.05) is 27.7 Å². The topological polar surface area (TPSA) is 62.5 Å². The van der Waals surface area contributed by atoms with Crippen LogP contribution in [0.1, 0.15) is 18.9 Å². The van der Waals surface area contributed by atoms with E-state index >= 15 is 0 Å². The largest absolute Gasteiger partial charge is 0.348 e. The molecule has 112 valence electrons. The molecule has 1 atom stereocenters. The van der Waals surface area contributed by atoms with Crippen LogP contribution in [0.2, 0.25) is 0 Å². The van der Waals surface area contributed by atoms with Crippen molar-refractivity contribution in [3.05, 3.63) is 36.2 Å². The van der Waals surface area contributed by atoms with Crippen LogP contribution in [0.3, 0.4) is 0 Å². The highest BCUT2D eigenvalue weighted by molar-refractivity contribution is 5.77. The van der Waals surface area contributed by atoms with Gasteiger partial charge in [0.05, 0.1) is 12.6 Å². The number of likely N-dealkylation sites (N-methyl/N-ethyl adjacent to an activating group) is 2. The molecule has 1 unspecified atom stereocenters. The Balaban J connectivity index is 2.08. The molecule has 2 rings (SSSR count). The fourth-order valence-corrected chi connectivity index (χ4v) is 1.79. The first-order valence-electron chi connectivity index (χ1n) is 6.78. The Morgan fingerprint density at radius 2 is 1.90 bits per heavy atom. The van der Waals surface area contributed by atoms with Gasteiger partial charge in [0.25, 0.3) is 0 Å². The van der Waals surface area contributed by atoms with Gasteiger partial charge >= 0.3 is 0 Å². The average molecular weight is 288 g/mol. The monoisotopic (exact) mass is 288 g/mol. The Hall–Kier alpha value is -2.21. The van der Waals surface area contributed by atoms with Crippen LogP contribution in [-0.2, 0) is 4.79 Å². The summed E-state index contributed by atoms with van der Waals surface area (Å²) in [6.45, 7) is 2.24. The molecular formula is C15H20N4O2. The maximum Gasteiger partial charge on any atom is 0.244 e. The Morgan fingerprint density at radius 3 is 2.52 bits per heavy atom. The zero-order valence-corrected chi connectivity index (χ0v) is 12.8. The molecule has 1 aromatic carbocycles. The summed E-state index contributed by atoms with van der Waals surface area (Å²) in [5.74, 6) is 1.10. The molecule has 0 N–H and O–H groups in total. The van der Waals surface area contributed by atoms with Gasteiger partial charge in [-0.25, -0.2) is 0 Å². The molecule has 0 saturated heterocycles. The fourth-order valence-electron chi connectivity index (χ4n) is 1.79. The van der Waals surface area contributed by atoms with E-state index in [1.165, 1.54) is 0 Å². The number of carbonyl (C=O) groups is 1. The highest BCUT2D eigenvalue weighted by atomic mass is 16.5. The van der Waals surface area contributed by atoms with Crippen LogP contribution in [0, 0.1) is 0 Å². The first-order chi connectivity index (χ1) is 9.99. The van der Waals surface area contributed by atoms with E-state index in [0.717, 1.165) is 5.56 Å². The lowest BCUT2D eigenvalue weighted by Crippen LogP contribution is -2.35. The Kier molecular flexibility index (Phi) is 4.70. The molecule has 0 aliphatic heterocycles. The molecule has 0 saturated carbocycles. The average Bonchev–Trinajstić information content (AvgIpc) is 2.96. The number of carbonyl (C=O) groups excluding carboxylic acids is 1. The van der Waals surface area contributed by atoms with Gasteiger partial charge in [-0.2, -0.15) is 4.98 Å². The minimum absolute atomic E-state index is 0.0344. The number of rotatable bonds is 5. The fraction of sp³-hybridized carbons (Fsp3) is 0.400. The molecule has 6 nitrogen and oxygen atoms in total. The van der Waals surface area contributed by atoms with Gasteiger partial charge in [-0.1, -0.05) is 35.5 Å². The second kappa shape index (κ2) is 6.49. The summed E-state index contributed by atoms with van der Waals surface area (Å²) in [6, 6.07) is 9.53. The highest BCUT2D eigenvalue weighted by Crippen LogP contribution is 2.21. The second-order valence-corrected chi connectivity index (χ2v) is 5.20. The van der Waals surface area contributed by atoms with Gasteiger partial charge in [0.15, 0.2) is 0 Å². The Bertz CT molecular complexity index is 595. The normalized spacial score (nSPS) is 12.4. The summed E-state index contributed by atoms with van der Waals surface area (Å²) in [4.78, 5) is 19.6. The number of nitrogens with zero attached hydrogens (tertiary/aromatic N) is 4. The van der Waals surface area contributed by atoms with E-state index in [4.69, 9.17) is 4.52 Å². The first kappa shape index (κ1) is 15.2. The van der Waals surface area contributed by atoms with Crippen molar-refractivity contribution < 1.29 is 9.32 Å². The molecule has 6 heteroatoms. The lowest BCUT2D eigenvalue weighted by molar-refractivity contribution is -0.130. The van der Waals surface area contributed by atoms with Crippen LogP contribution in [0.25, 0.3) is 11.4 Å². The van der Waals surface area contributed by atoms with Crippen molar-refractivity contribution >= 4 is 5.91 Å². The molecule has 1 amide bonds. The van der Waals surface area contributed by atoms with E-state index in [9.17, 15) is 4.79 Å². The van der Waals surface area contributed by atoms with E-state index in [0.29, 0.717) is 18.3 Å². The molecule has 1 heterocycles. The van der Waals surface area contributed by atoms with Gasteiger partial charge in [0, 0.05) is 19.7 Å². The number of hydrogen-bond donors (Lipinski definition) is 0. The van der Waals surface area contributed by atoms with Gasteiger partial charge in [-0.3, -0.25) is 9.69 Å².